The van der Waals surface area contributed by atoms with E-state index >= 15 is 0 Å². The van der Waals surface area contributed by atoms with E-state index in [9.17, 15) is 5.11 Å². The Kier molecular flexibility index (Phi) is 5.60. The maximum atomic E-state index is 9.74. The van der Waals surface area contributed by atoms with Crippen LogP contribution in [0.25, 0.3) is 0 Å². The summed E-state index contributed by atoms with van der Waals surface area (Å²) in [7, 11) is 6.16. The fourth-order valence-corrected chi connectivity index (χ4v) is 2.00. The van der Waals surface area contributed by atoms with Crippen LogP contribution in [-0.4, -0.2) is 70.9 Å². The summed E-state index contributed by atoms with van der Waals surface area (Å²) in [5, 5.41) is 9.74. The van der Waals surface area contributed by atoms with Gasteiger partial charge in [-0.2, -0.15) is 0 Å². The summed E-state index contributed by atoms with van der Waals surface area (Å²) in [6.07, 6.45) is -2.71. The second-order valence-electron chi connectivity index (χ2n) is 3.62. The molecule has 1 rings (SSSR count). The first-order chi connectivity index (χ1) is 7.69. The van der Waals surface area contributed by atoms with E-state index in [1.54, 1.807) is 21.3 Å². The molecule has 1 N–H and O–H groups in total. The fourth-order valence-electron chi connectivity index (χ4n) is 2.00. The minimum absolute atomic E-state index is 0.325. The molecule has 16 heavy (non-hydrogen) atoms. The largest absolute Gasteiger partial charge is 0.382 e. The maximum absolute atomic E-state index is 9.74. The van der Waals surface area contributed by atoms with Crippen LogP contribution in [0.15, 0.2) is 0 Å². The van der Waals surface area contributed by atoms with Gasteiger partial charge < -0.3 is 28.8 Å². The Bertz CT molecular complexity index is 200. The van der Waals surface area contributed by atoms with Crippen molar-refractivity contribution in [2.24, 2.45) is 0 Å². The Hall–Kier alpha value is -0.240. The topological polar surface area (TPSA) is 66.4 Å². The van der Waals surface area contributed by atoms with Crippen LogP contribution in [0.4, 0.5) is 0 Å². The summed E-state index contributed by atoms with van der Waals surface area (Å²) in [5.41, 5.74) is 0. The highest BCUT2D eigenvalue weighted by Crippen LogP contribution is 2.25. The van der Waals surface area contributed by atoms with Crippen molar-refractivity contribution in [3.63, 3.8) is 0 Å². The maximum Gasteiger partial charge on any atom is 0.184 e. The van der Waals surface area contributed by atoms with Crippen LogP contribution in [0.5, 0.6) is 0 Å². The number of hydrogen-bond donors (Lipinski definition) is 1. The molecule has 0 amide bonds. The molecule has 0 aromatic carbocycles. The predicted molar refractivity (Wildman–Crippen MR) is 55.1 cm³/mol. The summed E-state index contributed by atoms with van der Waals surface area (Å²) in [6.45, 7) is 0.325. The van der Waals surface area contributed by atoms with E-state index in [2.05, 4.69) is 0 Å². The minimum atomic E-state index is -1.04. The van der Waals surface area contributed by atoms with E-state index in [-0.39, 0.29) is 18.3 Å². The van der Waals surface area contributed by atoms with Gasteiger partial charge in [-0.15, -0.1) is 0 Å². The van der Waals surface area contributed by atoms with Gasteiger partial charge in [-0.3, -0.25) is 0 Å². The van der Waals surface area contributed by atoms with Crippen LogP contribution in [0, 0.1) is 0 Å². The molecule has 0 spiro atoms. The summed E-state index contributed by atoms with van der Waals surface area (Å²) < 4.78 is 26.1. The zero-order chi connectivity index (χ0) is 12.1. The zero-order valence-electron chi connectivity index (χ0n) is 10.1. The Morgan fingerprint density at radius 1 is 0.938 bits per heavy atom. The lowest BCUT2D eigenvalue weighted by molar-refractivity contribution is -0.300. The van der Waals surface area contributed by atoms with E-state index in [0.29, 0.717) is 6.61 Å². The van der Waals surface area contributed by atoms with Gasteiger partial charge in [0, 0.05) is 28.4 Å². The Morgan fingerprint density at radius 2 is 1.50 bits per heavy atom. The van der Waals surface area contributed by atoms with Crippen molar-refractivity contribution in [2.75, 3.05) is 35.0 Å². The van der Waals surface area contributed by atoms with Crippen molar-refractivity contribution in [3.8, 4) is 0 Å². The van der Waals surface area contributed by atoms with Crippen molar-refractivity contribution >= 4 is 0 Å². The van der Waals surface area contributed by atoms with Crippen LogP contribution in [0.3, 0.4) is 0 Å². The smallest absolute Gasteiger partial charge is 0.184 e. The van der Waals surface area contributed by atoms with Gasteiger partial charge in [-0.05, 0) is 0 Å². The SMILES string of the molecule is COC[C@@H]1O[C@H](O)[C@@H](OC)[C@@H](OC)[C@H]1OC. The summed E-state index contributed by atoms with van der Waals surface area (Å²) in [5.74, 6) is 0. The minimum Gasteiger partial charge on any atom is -0.382 e. The van der Waals surface area contributed by atoms with Crippen molar-refractivity contribution < 1.29 is 28.8 Å². The van der Waals surface area contributed by atoms with Crippen LogP contribution in [0.2, 0.25) is 0 Å². The number of hydrogen-bond acceptors (Lipinski definition) is 6. The summed E-state index contributed by atoms with van der Waals surface area (Å²) >= 11 is 0. The second-order valence-corrected chi connectivity index (χ2v) is 3.62. The first-order valence-electron chi connectivity index (χ1n) is 5.10. The predicted octanol–water partition coefficient (Wildman–Crippen LogP) is -0.605. The van der Waals surface area contributed by atoms with Crippen LogP contribution >= 0.6 is 0 Å². The standard InChI is InChI=1S/C10H20O6/c1-12-5-6-7(13-2)8(14-3)9(15-4)10(11)16-6/h6-11H,5H2,1-4H3/t6-,7-,8-,9-,10-/m0/s1. The third-order valence-electron chi connectivity index (χ3n) is 2.76. The second kappa shape index (κ2) is 6.48. The lowest BCUT2D eigenvalue weighted by Crippen LogP contribution is -2.60. The fraction of sp³-hybridized carbons (Fsp3) is 1.00. The molecule has 96 valence electrons. The van der Waals surface area contributed by atoms with Crippen molar-refractivity contribution in [3.05, 3.63) is 0 Å². The van der Waals surface area contributed by atoms with Gasteiger partial charge in [-0.25, -0.2) is 0 Å². The number of aliphatic hydroxyl groups excluding tert-OH is 1. The van der Waals surface area contributed by atoms with Gasteiger partial charge in [0.1, 0.15) is 24.4 Å². The first-order valence-corrected chi connectivity index (χ1v) is 5.10. The lowest BCUT2D eigenvalue weighted by Gasteiger charge is -2.42. The average Bonchev–Trinajstić information content (AvgIpc) is 2.28. The summed E-state index contributed by atoms with van der Waals surface area (Å²) in [4.78, 5) is 0. The zero-order valence-corrected chi connectivity index (χ0v) is 10.1. The van der Waals surface area contributed by atoms with Crippen LogP contribution < -0.4 is 0 Å². The third kappa shape index (κ3) is 2.71. The molecule has 6 nitrogen and oxygen atoms in total. The molecule has 0 aliphatic carbocycles. The van der Waals surface area contributed by atoms with E-state index < -0.39 is 12.4 Å². The summed E-state index contributed by atoms with van der Waals surface area (Å²) in [6, 6.07) is 0. The number of aliphatic hydroxyl groups is 1. The molecular weight excluding hydrogens is 216 g/mol. The highest BCUT2D eigenvalue weighted by atomic mass is 16.7. The normalized spacial score (nSPS) is 39.9. The molecule has 1 aliphatic heterocycles. The van der Waals surface area contributed by atoms with Gasteiger partial charge in [0.05, 0.1) is 6.61 Å². The molecule has 0 bridgehead atoms. The highest BCUT2D eigenvalue weighted by Gasteiger charge is 2.46. The molecule has 0 radical (unpaired) electrons. The number of ether oxygens (including phenoxy) is 5. The Balaban J connectivity index is 2.78. The molecule has 1 aliphatic rings. The van der Waals surface area contributed by atoms with E-state index in [1.165, 1.54) is 7.11 Å². The molecular formula is C10H20O6. The van der Waals surface area contributed by atoms with Crippen molar-refractivity contribution in [1.29, 1.82) is 0 Å². The average molecular weight is 236 g/mol. The Labute approximate surface area is 95.4 Å². The monoisotopic (exact) mass is 236 g/mol. The molecule has 1 fully saturated rings. The van der Waals surface area contributed by atoms with Crippen LogP contribution in [0.1, 0.15) is 0 Å². The van der Waals surface area contributed by atoms with Crippen LogP contribution in [-0.2, 0) is 23.7 Å². The molecule has 0 unspecified atom stereocenters. The molecule has 0 aromatic heterocycles. The van der Waals surface area contributed by atoms with Gasteiger partial charge in [0.25, 0.3) is 0 Å². The molecule has 1 saturated heterocycles. The van der Waals surface area contributed by atoms with Gasteiger partial charge in [0.2, 0.25) is 0 Å². The first kappa shape index (κ1) is 13.8. The quantitative estimate of drug-likeness (QED) is 0.687. The molecule has 1 heterocycles. The molecule has 5 atom stereocenters. The van der Waals surface area contributed by atoms with E-state index in [1.807, 2.05) is 0 Å². The van der Waals surface area contributed by atoms with Gasteiger partial charge in [0.15, 0.2) is 6.29 Å². The number of rotatable bonds is 5. The highest BCUT2D eigenvalue weighted by molar-refractivity contribution is 4.91. The lowest BCUT2D eigenvalue weighted by atomic mass is 9.98. The molecule has 6 heteroatoms. The van der Waals surface area contributed by atoms with Gasteiger partial charge in [-0.1, -0.05) is 0 Å². The van der Waals surface area contributed by atoms with E-state index in [0.717, 1.165) is 0 Å². The third-order valence-corrected chi connectivity index (χ3v) is 2.76. The van der Waals surface area contributed by atoms with Crippen molar-refractivity contribution in [1.82, 2.24) is 0 Å². The van der Waals surface area contributed by atoms with Gasteiger partial charge >= 0.3 is 0 Å². The van der Waals surface area contributed by atoms with Crippen molar-refractivity contribution in [2.45, 2.75) is 30.7 Å². The Morgan fingerprint density at radius 3 is 1.94 bits per heavy atom. The number of methoxy groups -OCH3 is 4. The van der Waals surface area contributed by atoms with E-state index in [4.69, 9.17) is 23.7 Å². The molecule has 0 aromatic rings. The molecule has 0 saturated carbocycles.